The lowest BCUT2D eigenvalue weighted by molar-refractivity contribution is -0.135. The molecular formula is C15H13ClN4O4. The van der Waals surface area contributed by atoms with E-state index >= 15 is 0 Å². The first-order valence-electron chi connectivity index (χ1n) is 6.95. The number of carbonyl (C=O) groups excluding carboxylic acids is 1. The highest BCUT2D eigenvalue weighted by molar-refractivity contribution is 6.30. The molecule has 124 valence electrons. The fraction of sp³-hybridized carbons (Fsp3) is 0.200. The van der Waals surface area contributed by atoms with Gasteiger partial charge >= 0.3 is 11.7 Å². The average molecular weight is 349 g/mol. The molecule has 0 unspecified atom stereocenters. The van der Waals surface area contributed by atoms with Crippen LogP contribution in [0, 0.1) is 0 Å². The van der Waals surface area contributed by atoms with Gasteiger partial charge in [0.1, 0.15) is 12.3 Å². The van der Waals surface area contributed by atoms with E-state index in [4.69, 9.17) is 16.3 Å². The summed E-state index contributed by atoms with van der Waals surface area (Å²) >= 11 is 5.76. The van der Waals surface area contributed by atoms with Crippen molar-refractivity contribution in [2.45, 2.75) is 6.54 Å². The van der Waals surface area contributed by atoms with Crippen molar-refractivity contribution in [3.63, 3.8) is 0 Å². The van der Waals surface area contributed by atoms with Gasteiger partial charge in [-0.3, -0.25) is 9.36 Å². The molecule has 0 saturated carbocycles. The van der Waals surface area contributed by atoms with Crippen LogP contribution in [0.25, 0.3) is 11.2 Å². The van der Waals surface area contributed by atoms with Crippen LogP contribution in [-0.2, 0) is 25.4 Å². The van der Waals surface area contributed by atoms with E-state index in [0.717, 1.165) is 4.57 Å². The van der Waals surface area contributed by atoms with Gasteiger partial charge in [0.2, 0.25) is 0 Å². The summed E-state index contributed by atoms with van der Waals surface area (Å²) in [5.74, 6) is -0.464. The molecule has 0 spiro atoms. The smallest absolute Gasteiger partial charge is 0.333 e. The zero-order valence-corrected chi connectivity index (χ0v) is 13.6. The van der Waals surface area contributed by atoms with Gasteiger partial charge in [0.25, 0.3) is 5.56 Å². The van der Waals surface area contributed by atoms with Gasteiger partial charge in [-0.25, -0.2) is 19.1 Å². The van der Waals surface area contributed by atoms with Crippen molar-refractivity contribution in [2.75, 3.05) is 0 Å². The van der Waals surface area contributed by atoms with Crippen molar-refractivity contribution in [1.29, 1.82) is 0 Å². The van der Waals surface area contributed by atoms with Gasteiger partial charge in [0, 0.05) is 19.1 Å². The average Bonchev–Trinajstić information content (AvgIpc) is 2.94. The Morgan fingerprint density at radius 2 is 1.88 bits per heavy atom. The third kappa shape index (κ3) is 2.71. The van der Waals surface area contributed by atoms with E-state index in [1.54, 1.807) is 19.2 Å². The molecular weight excluding hydrogens is 336 g/mol. The minimum Gasteiger partial charge on any atom is -0.425 e. The van der Waals surface area contributed by atoms with Gasteiger partial charge in [-0.2, -0.15) is 0 Å². The molecule has 1 aromatic carbocycles. The van der Waals surface area contributed by atoms with Crippen LogP contribution >= 0.6 is 11.6 Å². The van der Waals surface area contributed by atoms with Crippen LogP contribution in [0.3, 0.4) is 0 Å². The topological polar surface area (TPSA) is 88.1 Å². The lowest BCUT2D eigenvalue weighted by atomic mass is 10.3. The molecule has 2 heterocycles. The van der Waals surface area contributed by atoms with Crippen LogP contribution in [0.15, 0.2) is 40.2 Å². The van der Waals surface area contributed by atoms with Crippen molar-refractivity contribution in [3.05, 3.63) is 56.5 Å². The molecule has 24 heavy (non-hydrogen) atoms. The highest BCUT2D eigenvalue weighted by Crippen LogP contribution is 2.15. The zero-order chi connectivity index (χ0) is 17.4. The van der Waals surface area contributed by atoms with Crippen molar-refractivity contribution in [1.82, 2.24) is 18.7 Å². The number of ether oxygens (including phenoxy) is 1. The second-order valence-electron chi connectivity index (χ2n) is 5.19. The maximum Gasteiger partial charge on any atom is 0.333 e. The first-order valence-corrected chi connectivity index (χ1v) is 7.33. The Balaban J connectivity index is 1.96. The molecule has 2 aromatic heterocycles. The summed E-state index contributed by atoms with van der Waals surface area (Å²) in [6.07, 6.45) is 1.43. The van der Waals surface area contributed by atoms with Crippen molar-refractivity contribution in [2.24, 2.45) is 14.1 Å². The van der Waals surface area contributed by atoms with Gasteiger partial charge in [0.15, 0.2) is 11.2 Å². The van der Waals surface area contributed by atoms with E-state index in [1.165, 1.54) is 34.6 Å². The van der Waals surface area contributed by atoms with E-state index < -0.39 is 23.8 Å². The van der Waals surface area contributed by atoms with Crippen LogP contribution < -0.4 is 16.0 Å². The van der Waals surface area contributed by atoms with Crippen LogP contribution in [0.1, 0.15) is 0 Å². The number of esters is 1. The number of halogens is 1. The van der Waals surface area contributed by atoms with Crippen LogP contribution in [-0.4, -0.2) is 24.7 Å². The fourth-order valence-corrected chi connectivity index (χ4v) is 2.46. The molecule has 0 fully saturated rings. The minimum atomic E-state index is -0.738. The molecule has 3 rings (SSSR count). The van der Waals surface area contributed by atoms with E-state index in [9.17, 15) is 14.4 Å². The van der Waals surface area contributed by atoms with E-state index in [0.29, 0.717) is 5.02 Å². The Morgan fingerprint density at radius 1 is 1.21 bits per heavy atom. The molecule has 0 aliphatic heterocycles. The molecule has 0 saturated heterocycles. The Hall–Kier alpha value is -2.87. The fourth-order valence-electron chi connectivity index (χ4n) is 2.33. The summed E-state index contributed by atoms with van der Waals surface area (Å²) in [6, 6.07) is 6.17. The minimum absolute atomic E-state index is 0.233. The molecule has 0 aliphatic rings. The molecule has 0 atom stereocenters. The van der Waals surface area contributed by atoms with Crippen LogP contribution in [0.2, 0.25) is 5.02 Å². The number of aryl methyl sites for hydroxylation is 2. The van der Waals surface area contributed by atoms with E-state index in [-0.39, 0.29) is 16.9 Å². The number of carbonyl (C=O) groups is 1. The lowest BCUT2D eigenvalue weighted by Crippen LogP contribution is -2.42. The van der Waals surface area contributed by atoms with Gasteiger partial charge in [-0.05, 0) is 24.3 Å². The summed E-state index contributed by atoms with van der Waals surface area (Å²) in [4.78, 5) is 40.9. The van der Waals surface area contributed by atoms with Crippen molar-refractivity contribution >= 4 is 28.7 Å². The Morgan fingerprint density at radius 3 is 2.54 bits per heavy atom. The number of hydrogen-bond acceptors (Lipinski definition) is 5. The molecule has 0 aliphatic carbocycles. The summed E-state index contributed by atoms with van der Waals surface area (Å²) in [5.41, 5.74) is -0.744. The summed E-state index contributed by atoms with van der Waals surface area (Å²) < 4.78 is 8.65. The van der Waals surface area contributed by atoms with Gasteiger partial charge < -0.3 is 9.30 Å². The Kier molecular flexibility index (Phi) is 3.98. The SMILES string of the molecule is Cn1cnc2c1c(=O)n(CC(=O)Oc1ccc(Cl)cc1)c(=O)n2C. The maximum absolute atomic E-state index is 12.5. The molecule has 0 amide bonds. The number of rotatable bonds is 3. The summed E-state index contributed by atoms with van der Waals surface area (Å²) in [7, 11) is 3.12. The molecule has 9 heteroatoms. The number of hydrogen-bond donors (Lipinski definition) is 0. The Labute approximate surface area is 140 Å². The first-order chi connectivity index (χ1) is 11.4. The highest BCUT2D eigenvalue weighted by Gasteiger charge is 2.17. The Bertz CT molecular complexity index is 1050. The maximum atomic E-state index is 12.5. The van der Waals surface area contributed by atoms with E-state index in [2.05, 4.69) is 4.98 Å². The second kappa shape index (κ2) is 5.97. The summed E-state index contributed by atoms with van der Waals surface area (Å²) in [5, 5.41) is 0.501. The van der Waals surface area contributed by atoms with Gasteiger partial charge in [-0.15, -0.1) is 0 Å². The number of nitrogens with zero attached hydrogens (tertiary/aromatic N) is 4. The third-order valence-corrected chi connectivity index (χ3v) is 3.79. The lowest BCUT2D eigenvalue weighted by Gasteiger charge is -2.08. The molecule has 3 aromatic rings. The van der Waals surface area contributed by atoms with Crippen LogP contribution in [0.5, 0.6) is 5.75 Å². The normalized spacial score (nSPS) is 11.0. The summed E-state index contributed by atoms with van der Waals surface area (Å²) in [6.45, 7) is -0.505. The predicted octanol–water partition coefficient (Wildman–Crippen LogP) is 0.693. The standard InChI is InChI=1S/C15H13ClN4O4/c1-18-8-17-13-12(18)14(22)20(15(23)19(13)2)7-11(21)24-10-5-3-9(16)4-6-10/h3-6,8H,7H2,1-2H3. The zero-order valence-electron chi connectivity index (χ0n) is 12.9. The monoisotopic (exact) mass is 348 g/mol. The molecule has 0 N–H and O–H groups in total. The highest BCUT2D eigenvalue weighted by atomic mass is 35.5. The number of imidazole rings is 1. The quantitative estimate of drug-likeness (QED) is 0.513. The molecule has 8 nitrogen and oxygen atoms in total. The van der Waals surface area contributed by atoms with Gasteiger partial charge in [0.05, 0.1) is 6.33 Å². The van der Waals surface area contributed by atoms with Gasteiger partial charge in [-0.1, -0.05) is 11.6 Å². The van der Waals surface area contributed by atoms with Crippen LogP contribution in [0.4, 0.5) is 0 Å². The third-order valence-electron chi connectivity index (χ3n) is 3.53. The predicted molar refractivity (Wildman–Crippen MR) is 87.3 cm³/mol. The molecule has 0 bridgehead atoms. The second-order valence-corrected chi connectivity index (χ2v) is 5.63. The number of benzene rings is 1. The number of fused-ring (bicyclic) bond motifs is 1. The van der Waals surface area contributed by atoms with Crippen molar-refractivity contribution < 1.29 is 9.53 Å². The number of aromatic nitrogens is 4. The molecule has 0 radical (unpaired) electrons. The first kappa shape index (κ1) is 16.0. The van der Waals surface area contributed by atoms with E-state index in [1.807, 2.05) is 0 Å². The van der Waals surface area contributed by atoms with Crippen molar-refractivity contribution in [3.8, 4) is 5.75 Å². The largest absolute Gasteiger partial charge is 0.425 e.